The van der Waals surface area contributed by atoms with Gasteiger partial charge in [0.2, 0.25) is 0 Å². The lowest BCUT2D eigenvalue weighted by Crippen LogP contribution is -2.08. The van der Waals surface area contributed by atoms with E-state index in [0.717, 1.165) is 11.3 Å². The summed E-state index contributed by atoms with van der Waals surface area (Å²) in [6, 6.07) is 6.56. The van der Waals surface area contributed by atoms with Crippen molar-refractivity contribution >= 4 is 13.6 Å². The minimum absolute atomic E-state index is 0.0174. The summed E-state index contributed by atoms with van der Waals surface area (Å²) in [5.41, 5.74) is 7.13. The molecule has 2 rings (SSSR count). The Morgan fingerprint density at radius 1 is 0.952 bits per heavy atom. The van der Waals surface area contributed by atoms with Crippen LogP contribution in [0.5, 0.6) is 0 Å². The van der Waals surface area contributed by atoms with Crippen LogP contribution in [0.25, 0.3) is 0 Å². The lowest BCUT2D eigenvalue weighted by atomic mass is 10.1. The van der Waals surface area contributed by atoms with Gasteiger partial charge in [0.25, 0.3) is 0 Å². The molecule has 0 atom stereocenters. The SMILES string of the molecule is Cc1cccc(C)c1NC1=C(P(C(C)C)C(C)C)CCC1. The first-order valence-electron chi connectivity index (χ1n) is 8.25. The summed E-state index contributed by atoms with van der Waals surface area (Å²) in [5.74, 6) is 0. The van der Waals surface area contributed by atoms with Crippen LogP contribution in [0, 0.1) is 13.8 Å². The van der Waals surface area contributed by atoms with E-state index in [2.05, 4.69) is 65.1 Å². The van der Waals surface area contributed by atoms with Crippen molar-refractivity contribution in [2.75, 3.05) is 5.32 Å². The van der Waals surface area contributed by atoms with Gasteiger partial charge in [-0.1, -0.05) is 53.8 Å². The molecule has 1 nitrogen and oxygen atoms in total. The zero-order chi connectivity index (χ0) is 15.6. The fourth-order valence-electron chi connectivity index (χ4n) is 3.53. The molecule has 0 bridgehead atoms. The predicted octanol–water partition coefficient (Wildman–Crippen LogP) is 6.41. The average molecular weight is 303 g/mol. The van der Waals surface area contributed by atoms with E-state index in [-0.39, 0.29) is 7.92 Å². The molecule has 1 aromatic rings. The van der Waals surface area contributed by atoms with Crippen molar-refractivity contribution in [2.45, 2.75) is 72.1 Å². The third kappa shape index (κ3) is 3.69. The summed E-state index contributed by atoms with van der Waals surface area (Å²) in [6.45, 7) is 14.0. The van der Waals surface area contributed by atoms with Crippen molar-refractivity contribution in [3.63, 3.8) is 0 Å². The number of para-hydroxylation sites is 1. The largest absolute Gasteiger partial charge is 0.358 e. The fourth-order valence-corrected chi connectivity index (χ4v) is 6.86. The van der Waals surface area contributed by atoms with E-state index in [1.54, 1.807) is 5.31 Å². The lowest BCUT2D eigenvalue weighted by molar-refractivity contribution is 0.901. The van der Waals surface area contributed by atoms with Crippen molar-refractivity contribution in [2.24, 2.45) is 0 Å². The summed E-state index contributed by atoms with van der Waals surface area (Å²) >= 11 is 0. The zero-order valence-electron chi connectivity index (χ0n) is 14.5. The van der Waals surface area contributed by atoms with Crippen LogP contribution in [0.4, 0.5) is 5.69 Å². The highest BCUT2D eigenvalue weighted by Gasteiger charge is 2.27. The Labute approximate surface area is 132 Å². The second-order valence-electron chi connectivity index (χ2n) is 6.77. The van der Waals surface area contributed by atoms with Gasteiger partial charge in [0.15, 0.2) is 0 Å². The van der Waals surface area contributed by atoms with Crippen LogP contribution in [0.1, 0.15) is 58.1 Å². The molecule has 0 aliphatic heterocycles. The first kappa shape index (κ1) is 16.6. The molecule has 0 radical (unpaired) electrons. The molecule has 0 aromatic heterocycles. The van der Waals surface area contributed by atoms with E-state index in [0.29, 0.717) is 0 Å². The number of rotatable bonds is 5. The number of nitrogens with one attached hydrogen (secondary N) is 1. The zero-order valence-corrected chi connectivity index (χ0v) is 15.3. The number of benzene rings is 1. The number of aryl methyl sites for hydroxylation is 2. The highest BCUT2D eigenvalue weighted by molar-refractivity contribution is 7.63. The van der Waals surface area contributed by atoms with Crippen LogP contribution in [0.2, 0.25) is 0 Å². The minimum atomic E-state index is -0.0174. The molecule has 116 valence electrons. The second kappa shape index (κ2) is 6.97. The molecule has 0 unspecified atom stereocenters. The smallest absolute Gasteiger partial charge is 0.0441 e. The monoisotopic (exact) mass is 303 g/mol. The van der Waals surface area contributed by atoms with Crippen LogP contribution in [0.3, 0.4) is 0 Å². The van der Waals surface area contributed by atoms with Gasteiger partial charge in [0.1, 0.15) is 0 Å². The summed E-state index contributed by atoms with van der Waals surface area (Å²) in [7, 11) is -0.0174. The Hall–Kier alpha value is -0.810. The molecule has 0 saturated carbocycles. The molecule has 1 aliphatic carbocycles. The van der Waals surface area contributed by atoms with E-state index in [1.165, 1.54) is 41.8 Å². The number of anilines is 1. The summed E-state index contributed by atoms with van der Waals surface area (Å²) < 4.78 is 0. The molecule has 2 heteroatoms. The standard InChI is InChI=1S/C19H30NP/c1-13(2)21(14(3)4)18-12-8-11-17(18)20-19-15(5)9-7-10-16(19)6/h7,9-10,13-14,20H,8,11-12H2,1-6H3. The molecule has 0 fully saturated rings. The first-order valence-corrected chi connectivity index (χ1v) is 9.73. The molecule has 0 spiro atoms. The highest BCUT2D eigenvalue weighted by Crippen LogP contribution is 2.58. The molecule has 21 heavy (non-hydrogen) atoms. The Morgan fingerprint density at radius 2 is 1.52 bits per heavy atom. The predicted molar refractivity (Wildman–Crippen MR) is 97.6 cm³/mol. The topological polar surface area (TPSA) is 12.0 Å². The molecular formula is C19H30NP. The lowest BCUT2D eigenvalue weighted by Gasteiger charge is -2.29. The number of allylic oxidation sites excluding steroid dienone is 2. The van der Waals surface area contributed by atoms with Gasteiger partial charge in [-0.15, -0.1) is 0 Å². The molecule has 0 heterocycles. The van der Waals surface area contributed by atoms with Crippen LogP contribution < -0.4 is 5.32 Å². The van der Waals surface area contributed by atoms with Gasteiger partial charge < -0.3 is 5.32 Å². The average Bonchev–Trinajstić information content (AvgIpc) is 2.81. The third-order valence-corrected chi connectivity index (χ3v) is 7.71. The van der Waals surface area contributed by atoms with E-state index in [1.807, 2.05) is 0 Å². The van der Waals surface area contributed by atoms with Gasteiger partial charge in [-0.2, -0.15) is 0 Å². The van der Waals surface area contributed by atoms with Gasteiger partial charge in [0, 0.05) is 11.4 Å². The molecule has 1 aromatic carbocycles. The van der Waals surface area contributed by atoms with E-state index in [9.17, 15) is 0 Å². The molecular weight excluding hydrogens is 273 g/mol. The van der Waals surface area contributed by atoms with Gasteiger partial charge in [-0.25, -0.2) is 0 Å². The Morgan fingerprint density at radius 3 is 2.05 bits per heavy atom. The molecule has 0 saturated heterocycles. The van der Waals surface area contributed by atoms with Crippen molar-refractivity contribution in [3.8, 4) is 0 Å². The number of hydrogen-bond acceptors (Lipinski definition) is 1. The summed E-state index contributed by atoms with van der Waals surface area (Å²) in [4.78, 5) is 0. The molecule has 1 aliphatic rings. The normalized spacial score (nSPS) is 15.7. The van der Waals surface area contributed by atoms with Crippen LogP contribution in [0.15, 0.2) is 29.2 Å². The maximum atomic E-state index is 3.81. The molecule has 0 amide bonds. The van der Waals surface area contributed by atoms with E-state index >= 15 is 0 Å². The van der Waals surface area contributed by atoms with Gasteiger partial charge >= 0.3 is 0 Å². The number of hydrogen-bond donors (Lipinski definition) is 1. The maximum Gasteiger partial charge on any atom is 0.0441 e. The van der Waals surface area contributed by atoms with Crippen molar-refractivity contribution in [1.82, 2.24) is 0 Å². The van der Waals surface area contributed by atoms with Crippen LogP contribution in [-0.4, -0.2) is 11.3 Å². The van der Waals surface area contributed by atoms with Crippen LogP contribution in [-0.2, 0) is 0 Å². The van der Waals surface area contributed by atoms with Crippen LogP contribution >= 0.6 is 7.92 Å². The quantitative estimate of drug-likeness (QED) is 0.620. The van der Waals surface area contributed by atoms with Crippen molar-refractivity contribution in [1.29, 1.82) is 0 Å². The minimum Gasteiger partial charge on any atom is -0.358 e. The molecule has 1 N–H and O–H groups in total. The van der Waals surface area contributed by atoms with E-state index < -0.39 is 0 Å². The van der Waals surface area contributed by atoms with Gasteiger partial charge in [0.05, 0.1) is 0 Å². The second-order valence-corrected chi connectivity index (χ2v) is 10.2. The third-order valence-electron chi connectivity index (χ3n) is 4.37. The van der Waals surface area contributed by atoms with E-state index in [4.69, 9.17) is 0 Å². The summed E-state index contributed by atoms with van der Waals surface area (Å²) in [5, 5.41) is 5.56. The highest BCUT2D eigenvalue weighted by atomic mass is 31.1. The Balaban J connectivity index is 2.34. The Bertz CT molecular complexity index is 500. The maximum absolute atomic E-state index is 3.81. The first-order chi connectivity index (χ1) is 9.91. The fraction of sp³-hybridized carbons (Fsp3) is 0.579. The summed E-state index contributed by atoms with van der Waals surface area (Å²) in [6.07, 6.45) is 3.84. The van der Waals surface area contributed by atoms with Gasteiger partial charge in [-0.05, 0) is 60.9 Å². The Kier molecular flexibility index (Phi) is 5.49. The van der Waals surface area contributed by atoms with Gasteiger partial charge in [-0.3, -0.25) is 0 Å². The van der Waals surface area contributed by atoms with Crippen molar-refractivity contribution < 1.29 is 0 Å². The van der Waals surface area contributed by atoms with Crippen molar-refractivity contribution in [3.05, 3.63) is 40.3 Å².